The van der Waals surface area contributed by atoms with E-state index in [9.17, 15) is 9.59 Å². The van der Waals surface area contributed by atoms with Gasteiger partial charge in [0.1, 0.15) is 0 Å². The van der Waals surface area contributed by atoms with Gasteiger partial charge in [0.25, 0.3) is 0 Å². The smallest absolute Gasteiger partial charge is 0.329 e. The largest absolute Gasteiger partial charge is 0.345 e. The number of hydrogen-bond donors (Lipinski definition) is 2. The molecule has 2 rings (SSSR count). The summed E-state index contributed by atoms with van der Waals surface area (Å²) in [6.07, 6.45) is 8.30. The van der Waals surface area contributed by atoms with E-state index in [2.05, 4.69) is 20.8 Å². The fraction of sp³-hybridized carbons (Fsp3) is 0.429. The lowest BCUT2D eigenvalue weighted by Gasteiger charge is -2.22. The van der Waals surface area contributed by atoms with Gasteiger partial charge < -0.3 is 5.32 Å². The maximum absolute atomic E-state index is 11.6. The lowest BCUT2D eigenvalue weighted by Crippen LogP contribution is -2.44. The van der Waals surface area contributed by atoms with Crippen LogP contribution in [0.15, 0.2) is 29.5 Å². The Hall–Kier alpha value is -2.24. The Morgan fingerprint density at radius 1 is 1.20 bits per heavy atom. The van der Waals surface area contributed by atoms with E-state index in [-0.39, 0.29) is 6.04 Å². The number of nitrogens with one attached hydrogen (secondary N) is 2. The first kappa shape index (κ1) is 14.2. The lowest BCUT2D eigenvalue weighted by molar-refractivity contribution is -0.139. The zero-order valence-electron chi connectivity index (χ0n) is 11.2. The first-order chi connectivity index (χ1) is 9.75. The highest BCUT2D eigenvalue weighted by molar-refractivity contribution is 6.35. The van der Waals surface area contributed by atoms with Crippen LogP contribution in [-0.2, 0) is 9.59 Å². The third-order valence-corrected chi connectivity index (χ3v) is 3.20. The van der Waals surface area contributed by atoms with Crippen LogP contribution in [0, 0.1) is 0 Å². The van der Waals surface area contributed by atoms with E-state index < -0.39 is 11.8 Å². The molecule has 1 saturated carbocycles. The van der Waals surface area contributed by atoms with Crippen LogP contribution in [0.25, 0.3) is 0 Å². The number of carbonyl (C=O) groups excluding carboxylic acids is 2. The fourth-order valence-corrected chi connectivity index (χ4v) is 2.16. The summed E-state index contributed by atoms with van der Waals surface area (Å²) in [6, 6.07) is 5.46. The van der Waals surface area contributed by atoms with E-state index >= 15 is 0 Å². The fourth-order valence-electron chi connectivity index (χ4n) is 2.16. The molecule has 6 heteroatoms. The molecule has 0 saturated heterocycles. The van der Waals surface area contributed by atoms with Crippen LogP contribution < -0.4 is 10.7 Å². The number of carbonyl (C=O) groups is 2. The van der Waals surface area contributed by atoms with Gasteiger partial charge in [0.15, 0.2) is 0 Å². The van der Waals surface area contributed by atoms with Crippen LogP contribution in [0.5, 0.6) is 0 Å². The second kappa shape index (κ2) is 7.37. The normalized spacial score (nSPS) is 16.0. The summed E-state index contributed by atoms with van der Waals surface area (Å²) in [7, 11) is 0. The number of hydrazone groups is 1. The van der Waals surface area contributed by atoms with Crippen molar-refractivity contribution in [1.82, 2.24) is 15.7 Å². The van der Waals surface area contributed by atoms with Crippen molar-refractivity contribution in [1.29, 1.82) is 0 Å². The topological polar surface area (TPSA) is 83.5 Å². The lowest BCUT2D eigenvalue weighted by atomic mass is 9.95. The molecule has 0 spiro atoms. The second-order valence-corrected chi connectivity index (χ2v) is 4.76. The number of nitrogens with zero attached hydrogens (tertiary/aromatic N) is 2. The van der Waals surface area contributed by atoms with Gasteiger partial charge in [-0.1, -0.05) is 25.3 Å². The predicted molar refractivity (Wildman–Crippen MR) is 75.0 cm³/mol. The zero-order chi connectivity index (χ0) is 14.2. The van der Waals surface area contributed by atoms with Crippen LogP contribution in [0.2, 0.25) is 0 Å². The molecule has 0 radical (unpaired) electrons. The monoisotopic (exact) mass is 274 g/mol. The van der Waals surface area contributed by atoms with Gasteiger partial charge in [-0.15, -0.1) is 0 Å². The molecule has 2 N–H and O–H groups in total. The van der Waals surface area contributed by atoms with E-state index in [4.69, 9.17) is 0 Å². The molecule has 20 heavy (non-hydrogen) atoms. The third kappa shape index (κ3) is 4.46. The van der Waals surface area contributed by atoms with Crippen molar-refractivity contribution >= 4 is 18.0 Å². The Bertz CT molecular complexity index is 481. The number of amides is 2. The number of hydrogen-bond acceptors (Lipinski definition) is 4. The maximum Gasteiger partial charge on any atom is 0.329 e. The number of rotatable bonds is 3. The van der Waals surface area contributed by atoms with Gasteiger partial charge in [-0.05, 0) is 25.0 Å². The number of pyridine rings is 1. The standard InChI is InChI=1S/C14H18N4O2/c19-13(17-11-6-2-1-3-7-11)14(20)18-16-10-12-8-4-5-9-15-12/h4-5,8-11H,1-3,6-7H2,(H,17,19)(H,18,20)/b16-10-. The Kier molecular flexibility index (Phi) is 5.23. The molecule has 1 aromatic heterocycles. The Balaban J connectivity index is 1.76. The first-order valence-electron chi connectivity index (χ1n) is 6.80. The van der Waals surface area contributed by atoms with E-state index in [0.29, 0.717) is 5.69 Å². The zero-order valence-corrected chi connectivity index (χ0v) is 11.2. The third-order valence-electron chi connectivity index (χ3n) is 3.20. The molecule has 0 bridgehead atoms. The highest BCUT2D eigenvalue weighted by Gasteiger charge is 2.19. The van der Waals surface area contributed by atoms with E-state index in [1.54, 1.807) is 18.3 Å². The van der Waals surface area contributed by atoms with Crippen LogP contribution in [0.4, 0.5) is 0 Å². The van der Waals surface area contributed by atoms with Crippen molar-refractivity contribution in [3.05, 3.63) is 30.1 Å². The molecular formula is C14H18N4O2. The van der Waals surface area contributed by atoms with Gasteiger partial charge in [-0.2, -0.15) is 5.10 Å². The molecular weight excluding hydrogens is 256 g/mol. The van der Waals surface area contributed by atoms with Crippen molar-refractivity contribution < 1.29 is 9.59 Å². The summed E-state index contributed by atoms with van der Waals surface area (Å²) in [6.45, 7) is 0. The average molecular weight is 274 g/mol. The molecule has 0 atom stereocenters. The Labute approximate surface area is 117 Å². The highest BCUT2D eigenvalue weighted by Crippen LogP contribution is 2.17. The highest BCUT2D eigenvalue weighted by atomic mass is 16.2. The maximum atomic E-state index is 11.6. The Morgan fingerprint density at radius 3 is 2.70 bits per heavy atom. The summed E-state index contributed by atoms with van der Waals surface area (Å²) in [5.41, 5.74) is 2.81. The van der Waals surface area contributed by atoms with Crippen molar-refractivity contribution in [2.45, 2.75) is 38.1 Å². The molecule has 1 fully saturated rings. The summed E-state index contributed by atoms with van der Waals surface area (Å²) < 4.78 is 0. The molecule has 106 valence electrons. The van der Waals surface area contributed by atoms with Crippen molar-refractivity contribution in [2.24, 2.45) is 5.10 Å². The van der Waals surface area contributed by atoms with E-state index in [0.717, 1.165) is 25.7 Å². The van der Waals surface area contributed by atoms with Crippen molar-refractivity contribution in [2.75, 3.05) is 0 Å². The minimum Gasteiger partial charge on any atom is -0.345 e. The van der Waals surface area contributed by atoms with Crippen molar-refractivity contribution in [3.8, 4) is 0 Å². The molecule has 1 aromatic rings. The van der Waals surface area contributed by atoms with Crippen LogP contribution in [0.1, 0.15) is 37.8 Å². The van der Waals surface area contributed by atoms with Gasteiger partial charge >= 0.3 is 11.8 Å². The second-order valence-electron chi connectivity index (χ2n) is 4.76. The average Bonchev–Trinajstić information content (AvgIpc) is 2.49. The van der Waals surface area contributed by atoms with Gasteiger partial charge in [0.2, 0.25) is 0 Å². The summed E-state index contributed by atoms with van der Waals surface area (Å²) in [4.78, 5) is 27.2. The number of aromatic nitrogens is 1. The SMILES string of the molecule is O=C(N/N=C\c1ccccn1)C(=O)NC1CCCCC1. The molecule has 1 aliphatic rings. The minimum atomic E-state index is -0.747. The Morgan fingerprint density at radius 2 is 2.00 bits per heavy atom. The van der Waals surface area contributed by atoms with Crippen LogP contribution >= 0.6 is 0 Å². The van der Waals surface area contributed by atoms with E-state index in [1.807, 2.05) is 6.07 Å². The van der Waals surface area contributed by atoms with Gasteiger partial charge in [-0.25, -0.2) is 5.43 Å². The quantitative estimate of drug-likeness (QED) is 0.489. The molecule has 2 amide bonds. The van der Waals surface area contributed by atoms with Crippen molar-refractivity contribution in [3.63, 3.8) is 0 Å². The minimum absolute atomic E-state index is 0.113. The molecule has 0 aliphatic heterocycles. The molecule has 1 heterocycles. The van der Waals surface area contributed by atoms with Gasteiger partial charge in [-0.3, -0.25) is 14.6 Å². The van der Waals surface area contributed by atoms with Gasteiger partial charge in [0.05, 0.1) is 11.9 Å². The van der Waals surface area contributed by atoms with Crippen LogP contribution in [0.3, 0.4) is 0 Å². The predicted octanol–water partition coefficient (Wildman–Crippen LogP) is 0.981. The molecule has 0 aromatic carbocycles. The summed E-state index contributed by atoms with van der Waals surface area (Å²) in [5.74, 6) is -1.38. The molecule has 1 aliphatic carbocycles. The molecule has 6 nitrogen and oxygen atoms in total. The summed E-state index contributed by atoms with van der Waals surface area (Å²) in [5, 5.41) is 6.43. The van der Waals surface area contributed by atoms with Crippen LogP contribution in [-0.4, -0.2) is 29.1 Å². The van der Waals surface area contributed by atoms with E-state index in [1.165, 1.54) is 12.6 Å². The summed E-state index contributed by atoms with van der Waals surface area (Å²) >= 11 is 0. The molecule has 0 unspecified atom stereocenters. The van der Waals surface area contributed by atoms with Gasteiger partial charge in [0, 0.05) is 12.2 Å². The first-order valence-corrected chi connectivity index (χ1v) is 6.80.